The zero-order chi connectivity index (χ0) is 20.1. The van der Waals surface area contributed by atoms with Crippen LogP contribution >= 0.6 is 0 Å². The van der Waals surface area contributed by atoms with E-state index in [1.54, 1.807) is 6.20 Å². The van der Waals surface area contributed by atoms with Crippen LogP contribution in [0.25, 0.3) is 0 Å². The lowest BCUT2D eigenvalue weighted by Crippen LogP contribution is -2.44. The van der Waals surface area contributed by atoms with Gasteiger partial charge in [-0.15, -0.1) is 0 Å². The van der Waals surface area contributed by atoms with E-state index in [-0.39, 0.29) is 5.91 Å². The van der Waals surface area contributed by atoms with Crippen LogP contribution in [0, 0.1) is 0 Å². The van der Waals surface area contributed by atoms with E-state index in [2.05, 4.69) is 51.4 Å². The zero-order valence-electron chi connectivity index (χ0n) is 17.3. The summed E-state index contributed by atoms with van der Waals surface area (Å²) in [5.41, 5.74) is 3.71. The smallest absolute Gasteiger partial charge is 0.272 e. The highest BCUT2D eigenvalue weighted by molar-refractivity contribution is 5.92. The van der Waals surface area contributed by atoms with Crippen molar-refractivity contribution in [2.45, 2.75) is 25.7 Å². The summed E-state index contributed by atoms with van der Waals surface area (Å²) in [4.78, 5) is 23.8. The molecule has 1 aromatic heterocycles. The van der Waals surface area contributed by atoms with Crippen LogP contribution in [0.5, 0.6) is 0 Å². The lowest BCUT2D eigenvalue weighted by Gasteiger charge is -2.34. The number of piperazine rings is 1. The number of nitrogens with one attached hydrogen (secondary N) is 1. The Balaban J connectivity index is 1.35. The number of hydrogen-bond acceptors (Lipinski definition) is 5. The summed E-state index contributed by atoms with van der Waals surface area (Å²) in [7, 11) is 2.17. The molecule has 2 aromatic rings. The molecule has 1 aromatic carbocycles. The van der Waals surface area contributed by atoms with Crippen LogP contribution in [0.15, 0.2) is 42.6 Å². The summed E-state index contributed by atoms with van der Waals surface area (Å²) < 4.78 is 0. The van der Waals surface area contributed by atoms with Crippen molar-refractivity contribution in [2.24, 2.45) is 0 Å². The number of anilines is 3. The Labute approximate surface area is 173 Å². The highest BCUT2D eigenvalue weighted by atomic mass is 16.2. The average Bonchev–Trinajstić information content (AvgIpc) is 3.05. The minimum atomic E-state index is 0.0509. The van der Waals surface area contributed by atoms with E-state index < -0.39 is 0 Å². The average molecular weight is 394 g/mol. The van der Waals surface area contributed by atoms with Gasteiger partial charge in [0.25, 0.3) is 5.91 Å². The molecule has 4 rings (SSSR count). The highest BCUT2D eigenvalue weighted by Crippen LogP contribution is 2.22. The van der Waals surface area contributed by atoms with Gasteiger partial charge in [-0.25, -0.2) is 4.98 Å². The molecule has 0 bridgehead atoms. The number of hydrogen-bond donors (Lipinski definition) is 1. The van der Waals surface area contributed by atoms with Gasteiger partial charge >= 0.3 is 0 Å². The first kappa shape index (κ1) is 19.7. The van der Waals surface area contributed by atoms with E-state index in [0.29, 0.717) is 5.69 Å². The van der Waals surface area contributed by atoms with Crippen LogP contribution < -0.4 is 10.2 Å². The number of benzene rings is 1. The molecule has 154 valence electrons. The van der Waals surface area contributed by atoms with Crippen LogP contribution in [-0.4, -0.2) is 67.0 Å². The Bertz CT molecular complexity index is 789. The summed E-state index contributed by atoms with van der Waals surface area (Å²) in [5.74, 6) is 0.0509. The fourth-order valence-electron chi connectivity index (χ4n) is 4.02. The highest BCUT2D eigenvalue weighted by Gasteiger charge is 2.18. The van der Waals surface area contributed by atoms with Gasteiger partial charge in [0.2, 0.25) is 0 Å². The molecular formula is C23H31N5O. The molecule has 0 spiro atoms. The number of carbonyl (C=O) groups excluding carboxylic acids is 1. The topological polar surface area (TPSA) is 51.7 Å². The predicted octanol–water partition coefficient (Wildman–Crippen LogP) is 3.59. The van der Waals surface area contributed by atoms with Crippen molar-refractivity contribution in [3.8, 4) is 0 Å². The number of rotatable bonds is 4. The summed E-state index contributed by atoms with van der Waals surface area (Å²) in [5, 5.41) is 3.38. The largest absolute Gasteiger partial charge is 0.369 e. The molecule has 0 radical (unpaired) electrons. The molecule has 1 amide bonds. The van der Waals surface area contributed by atoms with Crippen molar-refractivity contribution in [1.29, 1.82) is 0 Å². The SMILES string of the molecule is CN1CCN(c2ccc(Nc3ccc(C(=O)N4CCCCCC4)nc3)cc2)CC1. The van der Waals surface area contributed by atoms with E-state index >= 15 is 0 Å². The molecule has 2 fully saturated rings. The first-order chi connectivity index (χ1) is 14.2. The molecule has 0 unspecified atom stereocenters. The lowest BCUT2D eigenvalue weighted by molar-refractivity contribution is 0.0756. The van der Waals surface area contributed by atoms with Gasteiger partial charge in [0.15, 0.2) is 0 Å². The maximum Gasteiger partial charge on any atom is 0.272 e. The van der Waals surface area contributed by atoms with Crippen LogP contribution in [0.4, 0.5) is 17.1 Å². The van der Waals surface area contributed by atoms with Crippen molar-refractivity contribution in [3.63, 3.8) is 0 Å². The Kier molecular flexibility index (Phi) is 6.30. The molecule has 6 heteroatoms. The van der Waals surface area contributed by atoms with Crippen molar-refractivity contribution in [2.75, 3.05) is 56.5 Å². The monoisotopic (exact) mass is 393 g/mol. The van der Waals surface area contributed by atoms with Crippen molar-refractivity contribution in [1.82, 2.24) is 14.8 Å². The number of carbonyl (C=O) groups is 1. The number of nitrogens with zero attached hydrogens (tertiary/aromatic N) is 4. The second-order valence-corrected chi connectivity index (χ2v) is 8.10. The maximum absolute atomic E-state index is 12.7. The summed E-state index contributed by atoms with van der Waals surface area (Å²) in [6.07, 6.45) is 6.37. The standard InChI is InChI=1S/C23H31N5O/c1-26-14-16-27(17-15-26)21-9-6-19(7-10-21)25-20-8-11-22(24-18-20)23(29)28-12-4-2-3-5-13-28/h6-11,18,25H,2-5,12-17H2,1H3. The van der Waals surface area contributed by atoms with Crippen LogP contribution in [0.2, 0.25) is 0 Å². The van der Waals surface area contributed by atoms with Gasteiger partial charge in [-0.2, -0.15) is 0 Å². The van der Waals surface area contributed by atoms with E-state index in [1.807, 2.05) is 17.0 Å². The van der Waals surface area contributed by atoms with Gasteiger partial charge in [-0.05, 0) is 56.3 Å². The van der Waals surface area contributed by atoms with E-state index in [1.165, 1.54) is 18.5 Å². The van der Waals surface area contributed by atoms with Crippen LogP contribution in [0.3, 0.4) is 0 Å². The van der Waals surface area contributed by atoms with E-state index in [9.17, 15) is 4.79 Å². The fraction of sp³-hybridized carbons (Fsp3) is 0.478. The molecule has 1 N–H and O–H groups in total. The molecule has 0 saturated carbocycles. The third-order valence-corrected chi connectivity index (χ3v) is 5.90. The quantitative estimate of drug-likeness (QED) is 0.860. The van der Waals surface area contributed by atoms with Crippen LogP contribution in [0.1, 0.15) is 36.2 Å². The first-order valence-corrected chi connectivity index (χ1v) is 10.7. The van der Waals surface area contributed by atoms with Gasteiger partial charge in [0, 0.05) is 50.6 Å². The Hall–Kier alpha value is -2.60. The van der Waals surface area contributed by atoms with Crippen molar-refractivity contribution < 1.29 is 4.79 Å². The normalized spacial score (nSPS) is 18.4. The van der Waals surface area contributed by atoms with E-state index in [4.69, 9.17) is 0 Å². The van der Waals surface area contributed by atoms with E-state index in [0.717, 1.165) is 63.5 Å². The molecule has 2 saturated heterocycles. The van der Waals surface area contributed by atoms with Gasteiger partial charge < -0.3 is 20.0 Å². The third kappa shape index (κ3) is 5.07. The summed E-state index contributed by atoms with van der Waals surface area (Å²) in [6, 6.07) is 12.3. The van der Waals surface area contributed by atoms with Gasteiger partial charge in [0.1, 0.15) is 5.69 Å². The third-order valence-electron chi connectivity index (χ3n) is 5.90. The Morgan fingerprint density at radius 1 is 0.828 bits per heavy atom. The molecule has 2 aliphatic rings. The second kappa shape index (κ2) is 9.27. The number of pyridine rings is 1. The number of amides is 1. The van der Waals surface area contributed by atoms with Gasteiger partial charge in [-0.1, -0.05) is 12.8 Å². The molecule has 2 aliphatic heterocycles. The van der Waals surface area contributed by atoms with Crippen molar-refractivity contribution in [3.05, 3.63) is 48.3 Å². The molecule has 0 atom stereocenters. The Morgan fingerprint density at radius 2 is 1.48 bits per heavy atom. The Morgan fingerprint density at radius 3 is 2.10 bits per heavy atom. The van der Waals surface area contributed by atoms with Crippen molar-refractivity contribution >= 4 is 23.0 Å². The molecule has 0 aliphatic carbocycles. The number of likely N-dealkylation sites (N-methyl/N-ethyl adjacent to an activating group) is 1. The zero-order valence-corrected chi connectivity index (χ0v) is 17.3. The molecule has 29 heavy (non-hydrogen) atoms. The maximum atomic E-state index is 12.7. The fourth-order valence-corrected chi connectivity index (χ4v) is 4.02. The second-order valence-electron chi connectivity index (χ2n) is 8.10. The van der Waals surface area contributed by atoms with Crippen LogP contribution in [-0.2, 0) is 0 Å². The first-order valence-electron chi connectivity index (χ1n) is 10.7. The predicted molar refractivity (Wildman–Crippen MR) is 118 cm³/mol. The lowest BCUT2D eigenvalue weighted by atomic mass is 10.2. The molecular weight excluding hydrogens is 362 g/mol. The van der Waals surface area contributed by atoms with Gasteiger partial charge in [-0.3, -0.25) is 4.79 Å². The molecule has 3 heterocycles. The number of aromatic nitrogens is 1. The summed E-state index contributed by atoms with van der Waals surface area (Å²) in [6.45, 7) is 6.04. The number of likely N-dealkylation sites (tertiary alicyclic amines) is 1. The minimum absolute atomic E-state index is 0.0509. The minimum Gasteiger partial charge on any atom is -0.369 e. The molecule has 6 nitrogen and oxygen atoms in total. The van der Waals surface area contributed by atoms with Gasteiger partial charge in [0.05, 0.1) is 11.9 Å². The summed E-state index contributed by atoms with van der Waals surface area (Å²) >= 11 is 0.